The van der Waals surface area contributed by atoms with Crippen LogP contribution in [0, 0.1) is 6.92 Å². The molecule has 0 saturated carbocycles. The summed E-state index contributed by atoms with van der Waals surface area (Å²) in [5.74, 6) is -1.03. The number of fused-ring (bicyclic) bond motifs is 1. The van der Waals surface area contributed by atoms with Crippen molar-refractivity contribution < 1.29 is 14.7 Å². The summed E-state index contributed by atoms with van der Waals surface area (Å²) in [7, 11) is 0. The van der Waals surface area contributed by atoms with Gasteiger partial charge in [0.15, 0.2) is 0 Å². The van der Waals surface area contributed by atoms with E-state index in [-0.39, 0.29) is 24.9 Å². The molecular formula is C20H23N3O3S. The van der Waals surface area contributed by atoms with Gasteiger partial charge < -0.3 is 10.0 Å². The summed E-state index contributed by atoms with van der Waals surface area (Å²) >= 11 is 1.41. The maximum atomic E-state index is 13.0. The second-order valence-corrected chi connectivity index (χ2v) is 7.82. The number of nitrogens with zero attached hydrogens (tertiary/aromatic N) is 3. The van der Waals surface area contributed by atoms with Gasteiger partial charge in [-0.2, -0.15) is 5.10 Å². The van der Waals surface area contributed by atoms with Gasteiger partial charge in [-0.3, -0.25) is 14.3 Å². The largest absolute Gasteiger partial charge is 0.481 e. The quantitative estimate of drug-likeness (QED) is 0.672. The van der Waals surface area contributed by atoms with Crippen molar-refractivity contribution in [3.63, 3.8) is 0 Å². The normalized spacial score (nSPS) is 11.3. The van der Waals surface area contributed by atoms with Crippen LogP contribution in [0.3, 0.4) is 0 Å². The van der Waals surface area contributed by atoms with Crippen LogP contribution in [-0.2, 0) is 11.3 Å². The van der Waals surface area contributed by atoms with Crippen molar-refractivity contribution in [1.29, 1.82) is 0 Å². The van der Waals surface area contributed by atoms with E-state index >= 15 is 0 Å². The summed E-state index contributed by atoms with van der Waals surface area (Å²) in [6.07, 6.45) is -0.0599. The molecule has 1 amide bonds. The predicted molar refractivity (Wildman–Crippen MR) is 106 cm³/mol. The van der Waals surface area contributed by atoms with Crippen molar-refractivity contribution in [3.05, 3.63) is 52.5 Å². The summed E-state index contributed by atoms with van der Waals surface area (Å²) in [6.45, 7) is 6.59. The molecule has 1 aromatic carbocycles. The second kappa shape index (κ2) is 7.92. The van der Waals surface area contributed by atoms with Crippen LogP contribution in [-0.4, -0.2) is 44.3 Å². The van der Waals surface area contributed by atoms with Crippen molar-refractivity contribution in [2.75, 3.05) is 6.54 Å². The zero-order valence-corrected chi connectivity index (χ0v) is 16.5. The molecule has 27 heavy (non-hydrogen) atoms. The molecule has 0 spiro atoms. The molecule has 142 valence electrons. The first-order chi connectivity index (χ1) is 12.9. The highest BCUT2D eigenvalue weighted by Crippen LogP contribution is 2.30. The number of thiophene rings is 1. The number of carbonyl (C=O) groups is 2. The molecule has 0 aliphatic carbocycles. The van der Waals surface area contributed by atoms with Crippen LogP contribution in [0.1, 0.15) is 41.2 Å². The van der Waals surface area contributed by atoms with E-state index < -0.39 is 5.97 Å². The second-order valence-electron chi connectivity index (χ2n) is 6.79. The van der Waals surface area contributed by atoms with E-state index in [1.807, 2.05) is 49.7 Å². The average molecular weight is 385 g/mol. The van der Waals surface area contributed by atoms with Crippen LogP contribution in [0.15, 0.2) is 36.4 Å². The van der Waals surface area contributed by atoms with E-state index in [0.29, 0.717) is 11.4 Å². The minimum Gasteiger partial charge on any atom is -0.481 e. The predicted octanol–water partition coefficient (Wildman–Crippen LogP) is 3.78. The van der Waals surface area contributed by atoms with Crippen LogP contribution in [0.2, 0.25) is 0 Å². The van der Waals surface area contributed by atoms with Crippen molar-refractivity contribution in [2.45, 2.75) is 39.8 Å². The first-order valence-electron chi connectivity index (χ1n) is 8.90. The number of hydrogen-bond acceptors (Lipinski definition) is 4. The smallest absolute Gasteiger partial charge is 0.305 e. The van der Waals surface area contributed by atoms with Crippen LogP contribution in [0.4, 0.5) is 0 Å². The van der Waals surface area contributed by atoms with Gasteiger partial charge in [-0.15, -0.1) is 11.3 Å². The minimum absolute atomic E-state index is 0.0599. The summed E-state index contributed by atoms with van der Waals surface area (Å²) in [4.78, 5) is 27.1. The molecule has 0 aliphatic rings. The number of hydrogen-bond donors (Lipinski definition) is 1. The van der Waals surface area contributed by atoms with Gasteiger partial charge in [0.25, 0.3) is 5.91 Å². The number of benzene rings is 1. The van der Waals surface area contributed by atoms with Crippen LogP contribution >= 0.6 is 11.3 Å². The molecule has 0 radical (unpaired) electrons. The number of carboxylic acid groups (broad SMARTS) is 1. The van der Waals surface area contributed by atoms with E-state index in [9.17, 15) is 9.59 Å². The average Bonchev–Trinajstić information content (AvgIpc) is 3.17. The number of carbonyl (C=O) groups excluding carboxylic acids is 1. The zero-order chi connectivity index (χ0) is 19.6. The summed E-state index contributed by atoms with van der Waals surface area (Å²) in [5.41, 5.74) is 2.03. The third kappa shape index (κ3) is 4.19. The van der Waals surface area contributed by atoms with Gasteiger partial charge in [0.2, 0.25) is 0 Å². The Morgan fingerprint density at radius 1 is 1.26 bits per heavy atom. The van der Waals surface area contributed by atoms with Gasteiger partial charge in [0, 0.05) is 18.0 Å². The fourth-order valence-corrected chi connectivity index (χ4v) is 4.15. The number of carboxylic acids is 1. The molecule has 0 fully saturated rings. The van der Waals surface area contributed by atoms with E-state index in [4.69, 9.17) is 5.11 Å². The molecule has 0 saturated heterocycles. The Labute approximate surface area is 162 Å². The summed E-state index contributed by atoms with van der Waals surface area (Å²) in [6, 6.07) is 11.9. The Morgan fingerprint density at radius 3 is 2.59 bits per heavy atom. The van der Waals surface area contributed by atoms with Crippen molar-refractivity contribution in [1.82, 2.24) is 14.7 Å². The van der Waals surface area contributed by atoms with Crippen molar-refractivity contribution >= 4 is 33.4 Å². The van der Waals surface area contributed by atoms with Crippen LogP contribution in [0.5, 0.6) is 0 Å². The lowest BCUT2D eigenvalue weighted by molar-refractivity contribution is -0.137. The highest BCUT2D eigenvalue weighted by molar-refractivity contribution is 7.20. The Balaban J connectivity index is 1.90. The van der Waals surface area contributed by atoms with Gasteiger partial charge >= 0.3 is 5.97 Å². The molecule has 0 bridgehead atoms. The third-order valence-corrected chi connectivity index (χ3v) is 5.58. The Hall–Kier alpha value is -2.67. The van der Waals surface area contributed by atoms with Crippen LogP contribution < -0.4 is 0 Å². The fourth-order valence-electron chi connectivity index (χ4n) is 3.03. The van der Waals surface area contributed by atoms with Crippen molar-refractivity contribution in [3.8, 4) is 0 Å². The number of rotatable bonds is 7. The molecule has 3 aromatic rings. The minimum atomic E-state index is -0.904. The lowest BCUT2D eigenvalue weighted by Crippen LogP contribution is -2.38. The number of aryl methyl sites for hydroxylation is 1. The topological polar surface area (TPSA) is 75.4 Å². The maximum absolute atomic E-state index is 13.0. The standard InChI is InChI=1S/C20H23N3O3S/c1-13(2)22(10-9-18(24)25)19(26)17-11-16-14(3)21-23(20(16)27-17)12-15-7-5-4-6-8-15/h4-8,11,13H,9-10,12H2,1-3H3,(H,24,25). The van der Waals surface area contributed by atoms with Gasteiger partial charge in [0.1, 0.15) is 4.83 Å². The van der Waals surface area contributed by atoms with Gasteiger partial charge in [-0.05, 0) is 32.4 Å². The molecule has 1 N–H and O–H groups in total. The van der Waals surface area contributed by atoms with E-state index in [0.717, 1.165) is 21.5 Å². The zero-order valence-electron chi connectivity index (χ0n) is 15.7. The summed E-state index contributed by atoms with van der Waals surface area (Å²) in [5, 5.41) is 14.5. The van der Waals surface area contributed by atoms with Gasteiger partial charge in [0.05, 0.1) is 23.5 Å². The fraction of sp³-hybridized carbons (Fsp3) is 0.350. The molecular weight excluding hydrogens is 362 g/mol. The van der Waals surface area contributed by atoms with Gasteiger partial charge in [-0.25, -0.2) is 0 Å². The Kier molecular flexibility index (Phi) is 5.60. The first-order valence-corrected chi connectivity index (χ1v) is 9.72. The van der Waals surface area contributed by atoms with E-state index in [1.165, 1.54) is 11.3 Å². The number of aliphatic carboxylic acids is 1. The monoisotopic (exact) mass is 385 g/mol. The lowest BCUT2D eigenvalue weighted by Gasteiger charge is -2.25. The third-order valence-electron chi connectivity index (χ3n) is 4.44. The highest BCUT2D eigenvalue weighted by atomic mass is 32.1. The van der Waals surface area contributed by atoms with E-state index in [2.05, 4.69) is 17.2 Å². The van der Waals surface area contributed by atoms with Crippen LogP contribution in [0.25, 0.3) is 10.2 Å². The molecule has 3 rings (SSSR count). The number of aromatic nitrogens is 2. The van der Waals surface area contributed by atoms with E-state index in [1.54, 1.807) is 4.90 Å². The maximum Gasteiger partial charge on any atom is 0.305 e. The molecule has 0 unspecified atom stereocenters. The Morgan fingerprint density at radius 2 is 1.96 bits per heavy atom. The highest BCUT2D eigenvalue weighted by Gasteiger charge is 2.23. The molecule has 2 aromatic heterocycles. The SMILES string of the molecule is Cc1nn(Cc2ccccc2)c2sc(C(=O)N(CCC(=O)O)C(C)C)cc12. The number of amides is 1. The van der Waals surface area contributed by atoms with Gasteiger partial charge in [-0.1, -0.05) is 30.3 Å². The van der Waals surface area contributed by atoms with Crippen molar-refractivity contribution in [2.24, 2.45) is 0 Å². The summed E-state index contributed by atoms with van der Waals surface area (Å²) < 4.78 is 1.93. The molecule has 2 heterocycles. The molecule has 0 atom stereocenters. The molecule has 7 heteroatoms. The Bertz CT molecular complexity index is 960. The lowest BCUT2D eigenvalue weighted by atomic mass is 10.2. The molecule has 0 aliphatic heterocycles. The molecule has 6 nitrogen and oxygen atoms in total. The first kappa shape index (κ1) is 19.1.